The lowest BCUT2D eigenvalue weighted by atomic mass is 10.2. The van der Waals surface area contributed by atoms with Gasteiger partial charge in [-0.1, -0.05) is 18.2 Å². The van der Waals surface area contributed by atoms with Crippen molar-refractivity contribution in [3.05, 3.63) is 30.3 Å². The molecule has 0 saturated heterocycles. The Morgan fingerprint density at radius 3 is 2.62 bits per heavy atom. The van der Waals surface area contributed by atoms with Crippen molar-refractivity contribution in [2.75, 3.05) is 31.6 Å². The van der Waals surface area contributed by atoms with E-state index in [1.165, 1.54) is 0 Å². The van der Waals surface area contributed by atoms with E-state index in [0.29, 0.717) is 19.5 Å². The number of benzene rings is 1. The van der Waals surface area contributed by atoms with Crippen molar-refractivity contribution in [2.24, 2.45) is 0 Å². The van der Waals surface area contributed by atoms with Gasteiger partial charge in [0.2, 0.25) is 5.91 Å². The van der Waals surface area contributed by atoms with Crippen LogP contribution in [-0.4, -0.2) is 37.8 Å². The molecule has 0 saturated carbocycles. The van der Waals surface area contributed by atoms with Gasteiger partial charge >= 0.3 is 0 Å². The number of nitrogens with one attached hydrogen (secondary N) is 1. The number of carbonyl (C=O) groups is 1. The topological polar surface area (TPSA) is 52.6 Å². The van der Waals surface area contributed by atoms with E-state index in [9.17, 15) is 4.79 Å². The summed E-state index contributed by atoms with van der Waals surface area (Å²) in [5.41, 5.74) is 1.000. The van der Waals surface area contributed by atoms with Crippen molar-refractivity contribution >= 4 is 11.6 Å². The molecule has 16 heavy (non-hydrogen) atoms. The molecule has 1 amide bonds. The molecule has 0 bridgehead atoms. The molecule has 88 valence electrons. The fraction of sp³-hybridized carbons (Fsp3) is 0.417. The molecule has 0 heterocycles. The van der Waals surface area contributed by atoms with Crippen LogP contribution in [0, 0.1) is 0 Å². The number of aliphatic hydroxyl groups excluding tert-OH is 1. The van der Waals surface area contributed by atoms with Gasteiger partial charge in [0.05, 0.1) is 6.54 Å². The summed E-state index contributed by atoms with van der Waals surface area (Å²) in [6.45, 7) is 1.13. The number of likely N-dealkylation sites (N-methyl/N-ethyl adjacent to an activating group) is 1. The second kappa shape index (κ2) is 6.85. The van der Waals surface area contributed by atoms with Gasteiger partial charge in [-0.15, -0.1) is 0 Å². The van der Waals surface area contributed by atoms with Gasteiger partial charge in [-0.05, 0) is 18.6 Å². The predicted octanol–water partition coefficient (Wildman–Crippen LogP) is 0.621. The van der Waals surface area contributed by atoms with Gasteiger partial charge in [0, 0.05) is 25.9 Å². The van der Waals surface area contributed by atoms with E-state index in [1.807, 2.05) is 35.2 Å². The molecule has 4 nitrogen and oxygen atoms in total. The Morgan fingerprint density at radius 2 is 2.06 bits per heavy atom. The first-order valence-corrected chi connectivity index (χ1v) is 5.39. The van der Waals surface area contributed by atoms with Crippen molar-refractivity contribution in [3.8, 4) is 0 Å². The summed E-state index contributed by atoms with van der Waals surface area (Å²) in [6, 6.07) is 9.73. The first kappa shape index (κ1) is 12.5. The Bertz CT molecular complexity index is 314. The third-order valence-corrected chi connectivity index (χ3v) is 2.32. The number of aliphatic hydroxyl groups is 1. The SMILES string of the molecule is CNC(=O)CN(CCCO)c1ccccc1. The molecule has 0 aliphatic rings. The lowest BCUT2D eigenvalue weighted by Crippen LogP contribution is -2.36. The highest BCUT2D eigenvalue weighted by molar-refractivity contribution is 5.81. The maximum Gasteiger partial charge on any atom is 0.239 e. The molecule has 1 aromatic rings. The molecule has 0 spiro atoms. The Balaban J connectivity index is 2.67. The number of carbonyl (C=O) groups excluding carboxylic acids is 1. The smallest absolute Gasteiger partial charge is 0.239 e. The standard InChI is InChI=1S/C12H18N2O2/c1-13-12(16)10-14(8-5-9-15)11-6-3-2-4-7-11/h2-4,6-7,15H,5,8-10H2,1H3,(H,13,16). The third kappa shape index (κ3) is 3.90. The minimum atomic E-state index is -0.0261. The fourth-order valence-corrected chi connectivity index (χ4v) is 1.45. The van der Waals surface area contributed by atoms with Gasteiger partial charge in [-0.2, -0.15) is 0 Å². The van der Waals surface area contributed by atoms with Gasteiger partial charge in [-0.3, -0.25) is 4.79 Å². The van der Waals surface area contributed by atoms with Crippen LogP contribution in [0.3, 0.4) is 0 Å². The highest BCUT2D eigenvalue weighted by Crippen LogP contribution is 2.12. The molecule has 1 rings (SSSR count). The quantitative estimate of drug-likeness (QED) is 0.742. The maximum atomic E-state index is 11.3. The first-order valence-electron chi connectivity index (χ1n) is 5.39. The van der Waals surface area contributed by atoms with Gasteiger partial charge < -0.3 is 15.3 Å². The largest absolute Gasteiger partial charge is 0.396 e. The highest BCUT2D eigenvalue weighted by atomic mass is 16.3. The summed E-state index contributed by atoms with van der Waals surface area (Å²) in [5.74, 6) is -0.0261. The molecule has 0 aliphatic heterocycles. The molecule has 0 radical (unpaired) electrons. The average molecular weight is 222 g/mol. The molecule has 0 aliphatic carbocycles. The second-order valence-electron chi connectivity index (χ2n) is 3.51. The number of nitrogens with zero attached hydrogens (tertiary/aromatic N) is 1. The van der Waals surface area contributed by atoms with Crippen LogP contribution in [0.2, 0.25) is 0 Å². The van der Waals surface area contributed by atoms with Gasteiger partial charge in [-0.25, -0.2) is 0 Å². The number of para-hydroxylation sites is 1. The van der Waals surface area contributed by atoms with Crippen molar-refractivity contribution in [2.45, 2.75) is 6.42 Å². The highest BCUT2D eigenvalue weighted by Gasteiger charge is 2.09. The second-order valence-corrected chi connectivity index (χ2v) is 3.51. The Kier molecular flexibility index (Phi) is 5.36. The molecule has 2 N–H and O–H groups in total. The first-order chi connectivity index (χ1) is 7.77. The van der Waals surface area contributed by atoms with Crippen LogP contribution in [0.1, 0.15) is 6.42 Å². The molecule has 0 atom stereocenters. The number of anilines is 1. The lowest BCUT2D eigenvalue weighted by Gasteiger charge is -2.23. The van der Waals surface area contributed by atoms with E-state index >= 15 is 0 Å². The molecular weight excluding hydrogens is 204 g/mol. The summed E-state index contributed by atoms with van der Waals surface area (Å²) in [5, 5.41) is 11.4. The van der Waals surface area contributed by atoms with E-state index in [-0.39, 0.29) is 12.5 Å². The number of hydrogen-bond donors (Lipinski definition) is 2. The molecule has 0 aromatic heterocycles. The third-order valence-electron chi connectivity index (χ3n) is 2.32. The molecule has 0 unspecified atom stereocenters. The zero-order chi connectivity index (χ0) is 11.8. The van der Waals surface area contributed by atoms with Crippen molar-refractivity contribution in [1.29, 1.82) is 0 Å². The molecule has 4 heteroatoms. The van der Waals surface area contributed by atoms with Gasteiger partial charge in [0.1, 0.15) is 0 Å². The minimum absolute atomic E-state index is 0.0261. The van der Waals surface area contributed by atoms with Crippen LogP contribution in [0.15, 0.2) is 30.3 Å². The fourth-order valence-electron chi connectivity index (χ4n) is 1.45. The van der Waals surface area contributed by atoms with Crippen molar-refractivity contribution in [3.63, 3.8) is 0 Å². The minimum Gasteiger partial charge on any atom is -0.396 e. The Labute approximate surface area is 95.9 Å². The van der Waals surface area contributed by atoms with Crippen molar-refractivity contribution in [1.82, 2.24) is 5.32 Å². The zero-order valence-corrected chi connectivity index (χ0v) is 9.52. The number of hydrogen-bond acceptors (Lipinski definition) is 3. The van der Waals surface area contributed by atoms with Crippen molar-refractivity contribution < 1.29 is 9.90 Å². The normalized spacial score (nSPS) is 9.88. The monoisotopic (exact) mass is 222 g/mol. The van der Waals surface area contributed by atoms with Crippen LogP contribution < -0.4 is 10.2 Å². The van der Waals surface area contributed by atoms with Gasteiger partial charge in [0.25, 0.3) is 0 Å². The molecular formula is C12H18N2O2. The number of rotatable bonds is 6. The summed E-state index contributed by atoms with van der Waals surface area (Å²) in [4.78, 5) is 13.3. The van der Waals surface area contributed by atoms with Crippen LogP contribution in [0.5, 0.6) is 0 Å². The zero-order valence-electron chi connectivity index (χ0n) is 9.52. The maximum absolute atomic E-state index is 11.3. The van der Waals surface area contributed by atoms with Crippen LogP contribution in [0.25, 0.3) is 0 Å². The number of amides is 1. The van der Waals surface area contributed by atoms with Crippen LogP contribution in [-0.2, 0) is 4.79 Å². The van der Waals surface area contributed by atoms with Crippen LogP contribution >= 0.6 is 0 Å². The summed E-state index contributed by atoms with van der Waals surface area (Å²) in [7, 11) is 1.62. The van der Waals surface area contributed by atoms with E-state index in [0.717, 1.165) is 5.69 Å². The lowest BCUT2D eigenvalue weighted by molar-refractivity contribution is -0.119. The molecule has 1 aromatic carbocycles. The van der Waals surface area contributed by atoms with E-state index in [1.54, 1.807) is 7.05 Å². The predicted molar refractivity (Wildman–Crippen MR) is 64.4 cm³/mol. The van der Waals surface area contributed by atoms with E-state index < -0.39 is 0 Å². The van der Waals surface area contributed by atoms with E-state index in [2.05, 4.69) is 5.32 Å². The average Bonchev–Trinajstić information content (AvgIpc) is 2.35. The molecule has 0 fully saturated rings. The van der Waals surface area contributed by atoms with Crippen LogP contribution in [0.4, 0.5) is 5.69 Å². The summed E-state index contributed by atoms with van der Waals surface area (Å²) < 4.78 is 0. The Hall–Kier alpha value is -1.55. The summed E-state index contributed by atoms with van der Waals surface area (Å²) >= 11 is 0. The van der Waals surface area contributed by atoms with E-state index in [4.69, 9.17) is 5.11 Å². The Morgan fingerprint density at radius 1 is 1.38 bits per heavy atom. The van der Waals surface area contributed by atoms with Gasteiger partial charge in [0.15, 0.2) is 0 Å². The summed E-state index contributed by atoms with van der Waals surface area (Å²) in [6.07, 6.45) is 0.659.